The van der Waals surface area contributed by atoms with E-state index >= 15 is 0 Å². The molecule has 5 rings (SSSR count). The highest BCUT2D eigenvalue weighted by atomic mass is 16.3. The van der Waals surface area contributed by atoms with Gasteiger partial charge in [0, 0.05) is 24.3 Å². The highest BCUT2D eigenvalue weighted by molar-refractivity contribution is 6.16. The van der Waals surface area contributed by atoms with Crippen molar-refractivity contribution in [3.63, 3.8) is 0 Å². The van der Waals surface area contributed by atoms with Gasteiger partial charge in [-0.1, -0.05) is 54.1 Å². The Balaban J connectivity index is 1.60. The number of aryl methyl sites for hydroxylation is 1. The lowest BCUT2D eigenvalue weighted by atomic mass is 9.94. The van der Waals surface area contributed by atoms with Crippen molar-refractivity contribution in [2.24, 2.45) is 0 Å². The molecule has 1 N–H and O–H groups in total. The van der Waals surface area contributed by atoms with E-state index in [2.05, 4.69) is 4.98 Å². The number of aromatic nitrogens is 1. The van der Waals surface area contributed by atoms with Crippen LogP contribution in [0.25, 0.3) is 11.0 Å². The quantitative estimate of drug-likeness (QED) is 0.460. The summed E-state index contributed by atoms with van der Waals surface area (Å²) < 4.78 is 5.75. The number of furan rings is 1. The van der Waals surface area contributed by atoms with Gasteiger partial charge in [0.05, 0.1) is 11.6 Å². The summed E-state index contributed by atoms with van der Waals surface area (Å²) in [4.78, 5) is 32.2. The van der Waals surface area contributed by atoms with Gasteiger partial charge in [0.1, 0.15) is 5.58 Å². The SMILES string of the molecule is Cc1ccc(C2C(C(=O)c3cc4ccccc4o3)=C(O)C(=O)N2Cc2cccnc2)cc1. The predicted octanol–water partition coefficient (Wildman–Crippen LogP) is 4.91. The van der Waals surface area contributed by atoms with E-state index < -0.39 is 23.5 Å². The number of nitrogens with zero attached hydrogens (tertiary/aromatic N) is 2. The smallest absolute Gasteiger partial charge is 0.290 e. The summed E-state index contributed by atoms with van der Waals surface area (Å²) in [6.45, 7) is 2.16. The fourth-order valence-corrected chi connectivity index (χ4v) is 4.06. The summed E-state index contributed by atoms with van der Waals surface area (Å²) in [5.74, 6) is -1.57. The Morgan fingerprint density at radius 1 is 1.09 bits per heavy atom. The van der Waals surface area contributed by atoms with Gasteiger partial charge in [-0.15, -0.1) is 0 Å². The van der Waals surface area contributed by atoms with Crippen LogP contribution in [0.3, 0.4) is 0 Å². The van der Waals surface area contributed by atoms with Crippen LogP contribution in [0, 0.1) is 6.92 Å². The monoisotopic (exact) mass is 424 g/mol. The summed E-state index contributed by atoms with van der Waals surface area (Å²) >= 11 is 0. The maximum absolute atomic E-state index is 13.5. The second-order valence-corrected chi connectivity index (χ2v) is 7.85. The lowest BCUT2D eigenvalue weighted by molar-refractivity contribution is -0.130. The number of carbonyl (C=O) groups is 2. The number of pyridine rings is 1. The molecule has 6 heteroatoms. The van der Waals surface area contributed by atoms with Crippen molar-refractivity contribution in [3.05, 3.63) is 113 Å². The first-order valence-corrected chi connectivity index (χ1v) is 10.3. The minimum Gasteiger partial charge on any atom is -0.503 e. The molecule has 1 atom stereocenters. The second kappa shape index (κ2) is 7.81. The van der Waals surface area contributed by atoms with Crippen molar-refractivity contribution >= 4 is 22.7 Å². The number of carbonyl (C=O) groups excluding carboxylic acids is 2. The lowest BCUT2D eigenvalue weighted by Gasteiger charge is -2.26. The van der Waals surface area contributed by atoms with E-state index in [0.717, 1.165) is 22.1 Å². The number of benzene rings is 2. The van der Waals surface area contributed by atoms with Crippen molar-refractivity contribution < 1.29 is 19.1 Å². The maximum Gasteiger partial charge on any atom is 0.290 e. The molecule has 1 amide bonds. The van der Waals surface area contributed by atoms with Crippen molar-refractivity contribution in [2.45, 2.75) is 19.5 Å². The molecule has 6 nitrogen and oxygen atoms in total. The summed E-state index contributed by atoms with van der Waals surface area (Å²) in [5, 5.41) is 11.6. The van der Waals surface area contributed by atoms with Crippen LogP contribution in [0.2, 0.25) is 0 Å². The average molecular weight is 424 g/mol. The zero-order valence-corrected chi connectivity index (χ0v) is 17.4. The van der Waals surface area contributed by atoms with E-state index in [1.165, 1.54) is 4.90 Å². The molecule has 0 fully saturated rings. The van der Waals surface area contributed by atoms with Crippen molar-refractivity contribution in [3.8, 4) is 0 Å². The number of ketones is 1. The van der Waals surface area contributed by atoms with Crippen LogP contribution in [0.15, 0.2) is 94.9 Å². The Kier molecular flexibility index (Phi) is 4.82. The fraction of sp³-hybridized carbons (Fsp3) is 0.115. The molecule has 0 aliphatic carbocycles. The van der Waals surface area contributed by atoms with E-state index in [-0.39, 0.29) is 17.9 Å². The van der Waals surface area contributed by atoms with Gasteiger partial charge in [0.2, 0.25) is 5.78 Å². The Labute approximate surface area is 184 Å². The number of aliphatic hydroxyl groups excluding tert-OH is 1. The third-order valence-corrected chi connectivity index (χ3v) is 5.67. The third kappa shape index (κ3) is 3.36. The summed E-state index contributed by atoms with van der Waals surface area (Å²) in [7, 11) is 0. The standard InChI is InChI=1S/C26H20N2O4/c1-16-8-10-18(11-9-16)23-22(24(29)21-13-19-6-2-3-7-20(19)32-21)25(30)26(31)28(23)15-17-5-4-12-27-14-17/h2-14,23,30H,15H2,1H3. The van der Waals surface area contributed by atoms with Crippen LogP contribution < -0.4 is 0 Å². The molecule has 4 aromatic rings. The molecular weight excluding hydrogens is 404 g/mol. The van der Waals surface area contributed by atoms with E-state index in [4.69, 9.17) is 4.42 Å². The minimum absolute atomic E-state index is 0.0156. The van der Waals surface area contributed by atoms with Gasteiger partial charge in [0.15, 0.2) is 11.5 Å². The van der Waals surface area contributed by atoms with Crippen LogP contribution in [0.4, 0.5) is 0 Å². The molecule has 0 bridgehead atoms. The average Bonchev–Trinajstić information content (AvgIpc) is 3.35. The zero-order chi connectivity index (χ0) is 22.2. The van der Waals surface area contributed by atoms with Crippen LogP contribution >= 0.6 is 0 Å². The zero-order valence-electron chi connectivity index (χ0n) is 17.4. The van der Waals surface area contributed by atoms with Gasteiger partial charge in [-0.3, -0.25) is 14.6 Å². The van der Waals surface area contributed by atoms with Crippen LogP contribution in [-0.4, -0.2) is 26.7 Å². The predicted molar refractivity (Wildman–Crippen MR) is 119 cm³/mol. The number of amides is 1. The largest absolute Gasteiger partial charge is 0.503 e. The first kappa shape index (κ1) is 19.8. The number of para-hydroxylation sites is 1. The number of fused-ring (bicyclic) bond motifs is 1. The van der Waals surface area contributed by atoms with Gasteiger partial charge >= 0.3 is 0 Å². The van der Waals surface area contributed by atoms with Gasteiger partial charge in [-0.25, -0.2) is 0 Å². The van der Waals surface area contributed by atoms with Crippen LogP contribution in [0.5, 0.6) is 0 Å². The molecule has 0 radical (unpaired) electrons. The number of hydrogen-bond acceptors (Lipinski definition) is 5. The van der Waals surface area contributed by atoms with Crippen molar-refractivity contribution in [1.29, 1.82) is 0 Å². The molecule has 2 aromatic heterocycles. The molecule has 3 heterocycles. The molecule has 0 spiro atoms. The van der Waals surface area contributed by atoms with E-state index in [1.807, 2.05) is 55.5 Å². The minimum atomic E-state index is -0.746. The number of rotatable bonds is 5. The van der Waals surface area contributed by atoms with Gasteiger partial charge in [-0.05, 0) is 36.2 Å². The van der Waals surface area contributed by atoms with Crippen LogP contribution in [-0.2, 0) is 11.3 Å². The first-order valence-electron chi connectivity index (χ1n) is 10.3. The first-order chi connectivity index (χ1) is 15.5. The number of aliphatic hydroxyl groups is 1. The fourth-order valence-electron chi connectivity index (χ4n) is 4.06. The maximum atomic E-state index is 13.5. The molecule has 0 saturated carbocycles. The van der Waals surface area contributed by atoms with Gasteiger partial charge in [-0.2, -0.15) is 0 Å². The molecule has 1 aliphatic heterocycles. The Hall–Kier alpha value is -4.19. The van der Waals surface area contributed by atoms with E-state index in [0.29, 0.717) is 5.58 Å². The normalized spacial score (nSPS) is 16.2. The molecule has 0 saturated heterocycles. The number of hydrogen-bond donors (Lipinski definition) is 1. The van der Waals surface area contributed by atoms with E-state index in [1.54, 1.807) is 30.6 Å². The number of Topliss-reactive ketones (excluding diaryl/α,β-unsaturated/α-hetero) is 1. The summed E-state index contributed by atoms with van der Waals surface area (Å²) in [5.41, 5.74) is 3.16. The Morgan fingerprint density at radius 2 is 1.88 bits per heavy atom. The van der Waals surface area contributed by atoms with Gasteiger partial charge in [0.25, 0.3) is 5.91 Å². The molecule has 2 aromatic carbocycles. The Morgan fingerprint density at radius 3 is 2.59 bits per heavy atom. The topological polar surface area (TPSA) is 83.6 Å². The molecule has 1 aliphatic rings. The highest BCUT2D eigenvalue weighted by Crippen LogP contribution is 2.40. The molecular formula is C26H20N2O4. The second-order valence-electron chi connectivity index (χ2n) is 7.85. The van der Waals surface area contributed by atoms with Gasteiger partial charge < -0.3 is 14.4 Å². The summed E-state index contributed by atoms with van der Waals surface area (Å²) in [6, 6.07) is 19.4. The molecule has 158 valence electrons. The van der Waals surface area contributed by atoms with Crippen molar-refractivity contribution in [2.75, 3.05) is 0 Å². The molecule has 1 unspecified atom stereocenters. The summed E-state index contributed by atoms with van der Waals surface area (Å²) in [6.07, 6.45) is 3.31. The van der Waals surface area contributed by atoms with Crippen molar-refractivity contribution in [1.82, 2.24) is 9.88 Å². The lowest BCUT2D eigenvalue weighted by Crippen LogP contribution is -2.30. The Bertz CT molecular complexity index is 1320. The molecule has 32 heavy (non-hydrogen) atoms. The highest BCUT2D eigenvalue weighted by Gasteiger charge is 2.44. The third-order valence-electron chi connectivity index (χ3n) is 5.67. The van der Waals surface area contributed by atoms with Crippen LogP contribution in [0.1, 0.15) is 33.3 Å². The van der Waals surface area contributed by atoms with E-state index in [9.17, 15) is 14.7 Å².